The highest BCUT2D eigenvalue weighted by Gasteiger charge is 2.14. The van der Waals surface area contributed by atoms with Gasteiger partial charge in [0.15, 0.2) is 0 Å². The first-order chi connectivity index (χ1) is 11.8. The normalized spacial score (nSPS) is 16.6. The third-order valence-corrected chi connectivity index (χ3v) is 4.29. The van der Waals surface area contributed by atoms with Gasteiger partial charge in [-0.2, -0.15) is 0 Å². The third kappa shape index (κ3) is 2.93. The van der Waals surface area contributed by atoms with Gasteiger partial charge >= 0.3 is 0 Å². The smallest absolute Gasteiger partial charge is 0.225 e. The number of allylic oxidation sites excluding steroid dienone is 2. The minimum absolute atomic E-state index is 0.0363. The molecule has 24 heavy (non-hydrogen) atoms. The van der Waals surface area contributed by atoms with Crippen LogP contribution >= 0.6 is 0 Å². The number of hydrogen-bond acceptors (Lipinski definition) is 3. The number of nitrogens with zero attached hydrogens (tertiary/aromatic N) is 3. The standard InChI is InChI=1S/C19H18N4O/c24-19(11-14-5-1-2-6-14)22-15-9-10-18(20-12-15)23-13-21-16-7-3-4-8-17(16)23/h1,3-5,7-10,12-14H,2,6,11H2,(H,22,24)/t14-/m0/s1. The predicted molar refractivity (Wildman–Crippen MR) is 94.0 cm³/mol. The van der Waals surface area contributed by atoms with Gasteiger partial charge in [-0.15, -0.1) is 0 Å². The summed E-state index contributed by atoms with van der Waals surface area (Å²) in [7, 11) is 0. The fourth-order valence-corrected chi connectivity index (χ4v) is 3.06. The third-order valence-electron chi connectivity index (χ3n) is 4.29. The number of aromatic nitrogens is 3. The maximum absolute atomic E-state index is 12.1. The Kier molecular flexibility index (Phi) is 3.83. The number of imidazole rings is 1. The molecule has 0 aliphatic heterocycles. The molecular formula is C19H18N4O. The molecule has 5 heteroatoms. The van der Waals surface area contributed by atoms with Crippen molar-refractivity contribution < 1.29 is 4.79 Å². The van der Waals surface area contributed by atoms with Crippen LogP contribution in [0.15, 0.2) is 61.1 Å². The molecule has 5 nitrogen and oxygen atoms in total. The number of hydrogen-bond donors (Lipinski definition) is 1. The van der Waals surface area contributed by atoms with E-state index in [-0.39, 0.29) is 5.91 Å². The fraction of sp³-hybridized carbons (Fsp3) is 0.211. The average Bonchev–Trinajstić information content (AvgIpc) is 3.25. The number of benzene rings is 1. The molecule has 1 atom stereocenters. The van der Waals surface area contributed by atoms with Gasteiger partial charge in [0, 0.05) is 6.42 Å². The van der Waals surface area contributed by atoms with E-state index in [0.717, 1.165) is 35.4 Å². The van der Waals surface area contributed by atoms with Crippen molar-refractivity contribution in [3.63, 3.8) is 0 Å². The second-order valence-corrected chi connectivity index (χ2v) is 6.03. The number of rotatable bonds is 4. The molecule has 1 aromatic carbocycles. The summed E-state index contributed by atoms with van der Waals surface area (Å²) in [5, 5.41) is 2.92. The molecule has 0 fully saturated rings. The zero-order chi connectivity index (χ0) is 16.4. The Morgan fingerprint density at radius 1 is 1.21 bits per heavy atom. The van der Waals surface area contributed by atoms with E-state index in [0.29, 0.717) is 12.3 Å². The van der Waals surface area contributed by atoms with Crippen molar-refractivity contribution in [3.8, 4) is 5.82 Å². The van der Waals surface area contributed by atoms with E-state index in [1.807, 2.05) is 41.0 Å². The number of amides is 1. The highest BCUT2D eigenvalue weighted by molar-refractivity contribution is 5.90. The van der Waals surface area contributed by atoms with Gasteiger partial charge in [0.2, 0.25) is 5.91 Å². The predicted octanol–water partition coefficient (Wildman–Crippen LogP) is 3.72. The summed E-state index contributed by atoms with van der Waals surface area (Å²) >= 11 is 0. The molecule has 0 spiro atoms. The number of fused-ring (bicyclic) bond motifs is 1. The number of para-hydroxylation sites is 2. The monoisotopic (exact) mass is 318 g/mol. The van der Waals surface area contributed by atoms with E-state index < -0.39 is 0 Å². The van der Waals surface area contributed by atoms with Gasteiger partial charge in [-0.25, -0.2) is 9.97 Å². The largest absolute Gasteiger partial charge is 0.325 e. The lowest BCUT2D eigenvalue weighted by atomic mass is 10.1. The average molecular weight is 318 g/mol. The summed E-state index contributed by atoms with van der Waals surface area (Å²) < 4.78 is 1.93. The van der Waals surface area contributed by atoms with Crippen molar-refractivity contribution in [1.82, 2.24) is 14.5 Å². The quantitative estimate of drug-likeness (QED) is 0.746. The van der Waals surface area contributed by atoms with Crippen LogP contribution in [0.1, 0.15) is 19.3 Å². The topological polar surface area (TPSA) is 59.8 Å². The van der Waals surface area contributed by atoms with Gasteiger partial charge in [-0.1, -0.05) is 24.3 Å². The summed E-state index contributed by atoms with van der Waals surface area (Å²) in [5.74, 6) is 1.18. The molecule has 2 aromatic heterocycles. The van der Waals surface area contributed by atoms with E-state index in [4.69, 9.17) is 0 Å². The minimum atomic E-state index is 0.0363. The van der Waals surface area contributed by atoms with E-state index in [9.17, 15) is 4.79 Å². The van der Waals surface area contributed by atoms with Gasteiger partial charge in [-0.3, -0.25) is 9.36 Å². The molecule has 0 radical (unpaired) electrons. The lowest BCUT2D eigenvalue weighted by molar-refractivity contribution is -0.116. The summed E-state index contributed by atoms with van der Waals surface area (Å²) in [6.45, 7) is 0. The van der Waals surface area contributed by atoms with Gasteiger partial charge in [0.25, 0.3) is 0 Å². The Bertz CT molecular complexity index is 895. The van der Waals surface area contributed by atoms with Crippen LogP contribution < -0.4 is 5.32 Å². The van der Waals surface area contributed by atoms with Crippen LogP contribution in [0.5, 0.6) is 0 Å². The van der Waals surface area contributed by atoms with Crippen LogP contribution in [0.4, 0.5) is 5.69 Å². The van der Waals surface area contributed by atoms with Crippen LogP contribution in [-0.2, 0) is 4.79 Å². The van der Waals surface area contributed by atoms with Crippen molar-refractivity contribution in [2.45, 2.75) is 19.3 Å². The molecule has 0 unspecified atom stereocenters. The Hall–Kier alpha value is -2.95. The van der Waals surface area contributed by atoms with Crippen LogP contribution in [0.2, 0.25) is 0 Å². The molecule has 0 saturated heterocycles. The molecule has 4 rings (SSSR count). The first-order valence-corrected chi connectivity index (χ1v) is 8.14. The van der Waals surface area contributed by atoms with Gasteiger partial charge < -0.3 is 5.32 Å². The number of anilines is 1. The maximum atomic E-state index is 12.1. The molecule has 1 aliphatic carbocycles. The zero-order valence-electron chi connectivity index (χ0n) is 13.2. The number of pyridine rings is 1. The van der Waals surface area contributed by atoms with E-state index in [1.165, 1.54) is 0 Å². The minimum Gasteiger partial charge on any atom is -0.325 e. The number of nitrogens with one attached hydrogen (secondary N) is 1. The van der Waals surface area contributed by atoms with Crippen LogP contribution in [-0.4, -0.2) is 20.4 Å². The molecule has 1 aliphatic rings. The van der Waals surface area contributed by atoms with Gasteiger partial charge in [-0.05, 0) is 43.0 Å². The summed E-state index contributed by atoms with van der Waals surface area (Å²) in [6, 6.07) is 11.7. The van der Waals surface area contributed by atoms with Crippen LogP contribution in [0.3, 0.4) is 0 Å². The van der Waals surface area contributed by atoms with E-state index >= 15 is 0 Å². The Labute approximate surface area is 140 Å². The second kappa shape index (κ2) is 6.28. The first-order valence-electron chi connectivity index (χ1n) is 8.14. The zero-order valence-corrected chi connectivity index (χ0v) is 13.2. The maximum Gasteiger partial charge on any atom is 0.225 e. The SMILES string of the molecule is O=C(C[C@H]1C=CCC1)Nc1ccc(-n2cnc3ccccc32)nc1. The lowest BCUT2D eigenvalue weighted by Crippen LogP contribution is -2.15. The van der Waals surface area contributed by atoms with Crippen molar-refractivity contribution in [1.29, 1.82) is 0 Å². The number of carbonyl (C=O) groups excluding carboxylic acids is 1. The van der Waals surface area contributed by atoms with Crippen molar-refractivity contribution in [3.05, 3.63) is 61.1 Å². The summed E-state index contributed by atoms with van der Waals surface area (Å²) in [5.41, 5.74) is 2.66. The fourth-order valence-electron chi connectivity index (χ4n) is 3.06. The molecule has 0 saturated carbocycles. The Morgan fingerprint density at radius 3 is 2.92 bits per heavy atom. The summed E-state index contributed by atoms with van der Waals surface area (Å²) in [6.07, 6.45) is 10.4. The molecule has 1 N–H and O–H groups in total. The molecule has 2 heterocycles. The van der Waals surface area contributed by atoms with Gasteiger partial charge in [0.1, 0.15) is 12.1 Å². The van der Waals surface area contributed by atoms with E-state index in [2.05, 4.69) is 27.4 Å². The van der Waals surface area contributed by atoms with E-state index in [1.54, 1.807) is 12.5 Å². The summed E-state index contributed by atoms with van der Waals surface area (Å²) in [4.78, 5) is 20.9. The highest BCUT2D eigenvalue weighted by Crippen LogP contribution is 2.21. The molecular weight excluding hydrogens is 300 g/mol. The van der Waals surface area contributed by atoms with Crippen LogP contribution in [0, 0.1) is 5.92 Å². The van der Waals surface area contributed by atoms with Crippen molar-refractivity contribution in [2.75, 3.05) is 5.32 Å². The highest BCUT2D eigenvalue weighted by atomic mass is 16.1. The Morgan fingerprint density at radius 2 is 2.12 bits per heavy atom. The number of carbonyl (C=O) groups is 1. The van der Waals surface area contributed by atoms with Crippen molar-refractivity contribution >= 4 is 22.6 Å². The Balaban J connectivity index is 1.48. The van der Waals surface area contributed by atoms with Gasteiger partial charge in [0.05, 0.1) is 22.9 Å². The molecule has 3 aromatic rings. The first kappa shape index (κ1) is 14.6. The van der Waals surface area contributed by atoms with Crippen molar-refractivity contribution in [2.24, 2.45) is 5.92 Å². The lowest BCUT2D eigenvalue weighted by Gasteiger charge is -2.09. The molecule has 0 bridgehead atoms. The molecule has 120 valence electrons. The van der Waals surface area contributed by atoms with Crippen LogP contribution in [0.25, 0.3) is 16.9 Å². The molecule has 1 amide bonds. The second-order valence-electron chi connectivity index (χ2n) is 6.03.